The number of nitrogens with zero attached hydrogens (tertiary/aromatic N) is 2. The van der Waals surface area contributed by atoms with Crippen LogP contribution in [0.15, 0.2) is 28.7 Å². The summed E-state index contributed by atoms with van der Waals surface area (Å²) in [5.41, 5.74) is 4.55. The number of carbonyl (C=O) groups is 1. The van der Waals surface area contributed by atoms with Gasteiger partial charge in [-0.15, -0.1) is 0 Å². The van der Waals surface area contributed by atoms with E-state index in [4.69, 9.17) is 9.15 Å². The van der Waals surface area contributed by atoms with Gasteiger partial charge in [-0.05, 0) is 44.0 Å². The predicted octanol–water partition coefficient (Wildman–Crippen LogP) is 3.31. The van der Waals surface area contributed by atoms with E-state index < -0.39 is 0 Å². The van der Waals surface area contributed by atoms with Gasteiger partial charge in [0.1, 0.15) is 17.1 Å². The van der Waals surface area contributed by atoms with E-state index in [9.17, 15) is 4.79 Å². The third-order valence-corrected chi connectivity index (χ3v) is 5.04. The molecule has 1 aromatic heterocycles. The number of carbonyl (C=O) groups excluding carboxylic acids is 1. The third-order valence-electron chi connectivity index (χ3n) is 5.04. The molecule has 1 saturated heterocycles. The summed E-state index contributed by atoms with van der Waals surface area (Å²) < 4.78 is 10.5. The van der Waals surface area contributed by atoms with E-state index in [0.29, 0.717) is 11.3 Å². The summed E-state index contributed by atoms with van der Waals surface area (Å²) in [7, 11) is 1.39. The molecule has 3 rings (SSSR count). The molecule has 0 atom stereocenters. The molecule has 1 aliphatic heterocycles. The van der Waals surface area contributed by atoms with Crippen LogP contribution in [-0.4, -0.2) is 44.2 Å². The Bertz CT molecular complexity index is 758. The molecule has 0 saturated carbocycles. The molecule has 1 aromatic carbocycles. The van der Waals surface area contributed by atoms with Gasteiger partial charge in [0, 0.05) is 31.9 Å². The SMILES string of the molecule is COC(=O)c1cc(CN2CCN(c3cccc(C)c3C)CC2)oc1C. The van der Waals surface area contributed by atoms with Gasteiger partial charge in [-0.25, -0.2) is 4.79 Å². The topological polar surface area (TPSA) is 45.9 Å². The smallest absolute Gasteiger partial charge is 0.341 e. The molecule has 0 amide bonds. The van der Waals surface area contributed by atoms with Gasteiger partial charge in [-0.1, -0.05) is 12.1 Å². The summed E-state index contributed by atoms with van der Waals surface area (Å²) in [6.07, 6.45) is 0. The van der Waals surface area contributed by atoms with Crippen molar-refractivity contribution in [1.29, 1.82) is 0 Å². The van der Waals surface area contributed by atoms with Crippen molar-refractivity contribution in [1.82, 2.24) is 4.90 Å². The average molecular weight is 342 g/mol. The average Bonchev–Trinajstić information content (AvgIpc) is 2.98. The summed E-state index contributed by atoms with van der Waals surface area (Å²) in [5.74, 6) is 1.10. The molecule has 5 nitrogen and oxygen atoms in total. The van der Waals surface area contributed by atoms with E-state index in [-0.39, 0.29) is 5.97 Å². The summed E-state index contributed by atoms with van der Waals surface area (Å²) >= 11 is 0. The van der Waals surface area contributed by atoms with Crippen molar-refractivity contribution in [2.45, 2.75) is 27.3 Å². The van der Waals surface area contributed by atoms with Crippen molar-refractivity contribution >= 4 is 11.7 Å². The molecule has 0 radical (unpaired) electrons. The molecule has 1 aliphatic rings. The minimum Gasteiger partial charge on any atom is -0.465 e. The van der Waals surface area contributed by atoms with Crippen LogP contribution in [-0.2, 0) is 11.3 Å². The molecule has 1 fully saturated rings. The lowest BCUT2D eigenvalue weighted by Crippen LogP contribution is -2.46. The van der Waals surface area contributed by atoms with E-state index in [1.807, 2.05) is 0 Å². The second kappa shape index (κ2) is 7.31. The first-order valence-electron chi connectivity index (χ1n) is 8.70. The van der Waals surface area contributed by atoms with Crippen molar-refractivity contribution in [2.24, 2.45) is 0 Å². The fourth-order valence-corrected chi connectivity index (χ4v) is 3.38. The second-order valence-electron chi connectivity index (χ2n) is 6.66. The van der Waals surface area contributed by atoms with Crippen LogP contribution in [0.5, 0.6) is 0 Å². The highest BCUT2D eigenvalue weighted by atomic mass is 16.5. The van der Waals surface area contributed by atoms with E-state index >= 15 is 0 Å². The lowest BCUT2D eigenvalue weighted by molar-refractivity contribution is 0.0599. The van der Waals surface area contributed by atoms with Crippen molar-refractivity contribution < 1.29 is 13.9 Å². The Kier molecular flexibility index (Phi) is 5.13. The Morgan fingerprint density at radius 1 is 1.16 bits per heavy atom. The maximum atomic E-state index is 11.7. The summed E-state index contributed by atoms with van der Waals surface area (Å²) in [6, 6.07) is 8.30. The normalized spacial score (nSPS) is 15.4. The van der Waals surface area contributed by atoms with Gasteiger partial charge < -0.3 is 14.1 Å². The van der Waals surface area contributed by atoms with E-state index in [0.717, 1.165) is 38.5 Å². The van der Waals surface area contributed by atoms with Gasteiger partial charge in [-0.3, -0.25) is 4.90 Å². The van der Waals surface area contributed by atoms with Gasteiger partial charge in [0.05, 0.1) is 13.7 Å². The van der Waals surface area contributed by atoms with Crippen LogP contribution >= 0.6 is 0 Å². The number of anilines is 1. The molecule has 0 spiro atoms. The first-order chi connectivity index (χ1) is 12.0. The summed E-state index contributed by atoms with van der Waals surface area (Å²) in [5, 5.41) is 0. The molecule has 25 heavy (non-hydrogen) atoms. The van der Waals surface area contributed by atoms with Crippen LogP contribution in [0.25, 0.3) is 0 Å². The number of piperazine rings is 1. The monoisotopic (exact) mass is 342 g/mol. The molecule has 134 valence electrons. The number of esters is 1. The van der Waals surface area contributed by atoms with Crippen LogP contribution < -0.4 is 4.90 Å². The lowest BCUT2D eigenvalue weighted by atomic mass is 10.1. The van der Waals surface area contributed by atoms with Crippen molar-refractivity contribution in [2.75, 3.05) is 38.2 Å². The Labute approximate surface area is 149 Å². The van der Waals surface area contributed by atoms with Crippen LogP contribution in [0.3, 0.4) is 0 Å². The highest BCUT2D eigenvalue weighted by molar-refractivity contribution is 5.90. The molecule has 2 heterocycles. The quantitative estimate of drug-likeness (QED) is 0.798. The fraction of sp³-hybridized carbons (Fsp3) is 0.450. The van der Waals surface area contributed by atoms with Gasteiger partial charge in [0.15, 0.2) is 0 Å². The molecule has 0 bridgehead atoms. The predicted molar refractivity (Wildman–Crippen MR) is 98.2 cm³/mol. The van der Waals surface area contributed by atoms with Crippen LogP contribution in [0.4, 0.5) is 5.69 Å². The van der Waals surface area contributed by atoms with Crippen LogP contribution in [0, 0.1) is 20.8 Å². The van der Waals surface area contributed by atoms with Crippen LogP contribution in [0.1, 0.15) is 33.0 Å². The summed E-state index contributed by atoms with van der Waals surface area (Å²) in [6.45, 7) is 10.8. The molecule has 5 heteroatoms. The molecule has 0 aliphatic carbocycles. The number of benzene rings is 1. The maximum absolute atomic E-state index is 11.7. The van der Waals surface area contributed by atoms with Crippen molar-refractivity contribution in [3.05, 3.63) is 52.5 Å². The number of ether oxygens (including phenoxy) is 1. The van der Waals surface area contributed by atoms with E-state index in [1.54, 1.807) is 13.0 Å². The number of rotatable bonds is 4. The Hall–Kier alpha value is -2.27. The van der Waals surface area contributed by atoms with Crippen molar-refractivity contribution in [3.63, 3.8) is 0 Å². The molecular weight excluding hydrogens is 316 g/mol. The highest BCUT2D eigenvalue weighted by Gasteiger charge is 2.21. The zero-order valence-electron chi connectivity index (χ0n) is 15.5. The van der Waals surface area contributed by atoms with E-state index in [1.165, 1.54) is 23.9 Å². The van der Waals surface area contributed by atoms with Crippen LogP contribution in [0.2, 0.25) is 0 Å². The number of aryl methyl sites for hydroxylation is 2. The standard InChI is InChI=1S/C20H26N2O3/c1-14-6-5-7-19(15(14)2)22-10-8-21(9-11-22)13-17-12-18(16(3)25-17)20(23)24-4/h5-7,12H,8-11,13H2,1-4H3. The maximum Gasteiger partial charge on any atom is 0.341 e. The summed E-state index contributed by atoms with van der Waals surface area (Å²) in [4.78, 5) is 16.5. The Morgan fingerprint density at radius 3 is 2.56 bits per heavy atom. The van der Waals surface area contributed by atoms with Gasteiger partial charge in [0.2, 0.25) is 0 Å². The fourth-order valence-electron chi connectivity index (χ4n) is 3.38. The van der Waals surface area contributed by atoms with Gasteiger partial charge in [0.25, 0.3) is 0 Å². The lowest BCUT2D eigenvalue weighted by Gasteiger charge is -2.36. The number of methoxy groups -OCH3 is 1. The third kappa shape index (κ3) is 3.71. The molecular formula is C20H26N2O3. The highest BCUT2D eigenvalue weighted by Crippen LogP contribution is 2.24. The van der Waals surface area contributed by atoms with Crippen molar-refractivity contribution in [3.8, 4) is 0 Å². The molecule has 2 aromatic rings. The zero-order chi connectivity index (χ0) is 18.0. The minimum absolute atomic E-state index is 0.341. The number of hydrogen-bond acceptors (Lipinski definition) is 5. The van der Waals surface area contributed by atoms with Gasteiger partial charge >= 0.3 is 5.97 Å². The zero-order valence-corrected chi connectivity index (χ0v) is 15.5. The first-order valence-corrected chi connectivity index (χ1v) is 8.70. The molecule has 0 unspecified atom stereocenters. The minimum atomic E-state index is -0.341. The Balaban J connectivity index is 1.61. The first kappa shape index (κ1) is 17.5. The number of furan rings is 1. The number of hydrogen-bond donors (Lipinski definition) is 0. The Morgan fingerprint density at radius 2 is 1.88 bits per heavy atom. The second-order valence-corrected chi connectivity index (χ2v) is 6.66. The van der Waals surface area contributed by atoms with E-state index in [2.05, 4.69) is 41.8 Å². The van der Waals surface area contributed by atoms with Gasteiger partial charge in [-0.2, -0.15) is 0 Å². The molecule has 0 N–H and O–H groups in total. The largest absolute Gasteiger partial charge is 0.465 e.